The van der Waals surface area contributed by atoms with Gasteiger partial charge in [0, 0.05) is 35.4 Å². The van der Waals surface area contributed by atoms with Gasteiger partial charge in [-0.1, -0.05) is 5.92 Å². The van der Waals surface area contributed by atoms with E-state index in [0.717, 1.165) is 24.0 Å². The standard InChI is InChI=1S/C17H19N3O2.ClH/c1-4-9-18-14-7-6-12-13-10-11(19-17(21)22-3)5-8-15(13)20(2)16(12)14;/h1,5,8,10,14,18H,6-7,9H2,2-3H3,(H,19,21);1H. The van der Waals surface area contributed by atoms with E-state index in [2.05, 4.69) is 32.9 Å². The average molecular weight is 334 g/mol. The summed E-state index contributed by atoms with van der Waals surface area (Å²) in [7, 11) is 3.43. The summed E-state index contributed by atoms with van der Waals surface area (Å²) in [4.78, 5) is 11.4. The average Bonchev–Trinajstić information content (AvgIpc) is 3.06. The predicted molar refractivity (Wildman–Crippen MR) is 94.1 cm³/mol. The molecule has 0 bridgehead atoms. The number of fused-ring (bicyclic) bond motifs is 3. The van der Waals surface area contributed by atoms with Crippen LogP contribution < -0.4 is 10.6 Å². The van der Waals surface area contributed by atoms with E-state index < -0.39 is 6.09 Å². The summed E-state index contributed by atoms with van der Waals surface area (Å²) in [5.41, 5.74) is 4.53. The molecule has 122 valence electrons. The van der Waals surface area contributed by atoms with E-state index in [1.165, 1.54) is 23.8 Å². The highest BCUT2D eigenvalue weighted by Gasteiger charge is 2.28. The third kappa shape index (κ3) is 3.00. The molecule has 1 aliphatic carbocycles. The highest BCUT2D eigenvalue weighted by molar-refractivity contribution is 5.93. The molecule has 6 heteroatoms. The molecule has 0 spiro atoms. The maximum atomic E-state index is 11.4. The van der Waals surface area contributed by atoms with Gasteiger partial charge < -0.3 is 9.30 Å². The van der Waals surface area contributed by atoms with Crippen LogP contribution in [0.15, 0.2) is 18.2 Å². The lowest BCUT2D eigenvalue weighted by atomic mass is 10.1. The van der Waals surface area contributed by atoms with E-state index in [1.54, 1.807) is 0 Å². The quantitative estimate of drug-likeness (QED) is 0.849. The summed E-state index contributed by atoms with van der Waals surface area (Å²) >= 11 is 0. The Kier molecular flexibility index (Phi) is 5.19. The molecular formula is C17H20ClN3O2. The van der Waals surface area contributed by atoms with Crippen LogP contribution in [0.4, 0.5) is 10.5 Å². The second kappa shape index (κ2) is 6.95. The fraction of sp³-hybridized carbons (Fsp3) is 0.353. The molecule has 23 heavy (non-hydrogen) atoms. The molecule has 0 fully saturated rings. The number of hydrogen-bond acceptors (Lipinski definition) is 3. The van der Waals surface area contributed by atoms with Gasteiger partial charge in [0.1, 0.15) is 0 Å². The summed E-state index contributed by atoms with van der Waals surface area (Å²) in [5, 5.41) is 7.29. The number of amides is 1. The molecule has 2 N–H and O–H groups in total. The van der Waals surface area contributed by atoms with Crippen LogP contribution in [0.5, 0.6) is 0 Å². The van der Waals surface area contributed by atoms with Crippen molar-refractivity contribution in [3.63, 3.8) is 0 Å². The van der Waals surface area contributed by atoms with Gasteiger partial charge in [-0.25, -0.2) is 4.79 Å². The first-order valence-electron chi connectivity index (χ1n) is 7.28. The number of aryl methyl sites for hydroxylation is 2. The van der Waals surface area contributed by atoms with Crippen LogP contribution in [0.25, 0.3) is 10.9 Å². The first-order valence-corrected chi connectivity index (χ1v) is 7.28. The van der Waals surface area contributed by atoms with Gasteiger partial charge in [0.05, 0.1) is 13.7 Å². The highest BCUT2D eigenvalue weighted by Crippen LogP contribution is 2.39. The van der Waals surface area contributed by atoms with Crippen LogP contribution in [0, 0.1) is 12.3 Å². The van der Waals surface area contributed by atoms with Crippen LogP contribution in [0.1, 0.15) is 23.7 Å². The van der Waals surface area contributed by atoms with Gasteiger partial charge in [-0.05, 0) is 36.6 Å². The van der Waals surface area contributed by atoms with E-state index >= 15 is 0 Å². The minimum absolute atomic E-state index is 0. The monoisotopic (exact) mass is 333 g/mol. The van der Waals surface area contributed by atoms with Crippen LogP contribution in [0.2, 0.25) is 0 Å². The van der Waals surface area contributed by atoms with Crippen molar-refractivity contribution in [2.45, 2.75) is 18.9 Å². The van der Waals surface area contributed by atoms with Gasteiger partial charge in [0.25, 0.3) is 0 Å². The SMILES string of the molecule is C#CCNC1CCc2c1n(C)c1ccc(NC(=O)OC)cc21.Cl. The lowest BCUT2D eigenvalue weighted by molar-refractivity contribution is 0.187. The molecule has 5 nitrogen and oxygen atoms in total. The van der Waals surface area contributed by atoms with Gasteiger partial charge in [-0.3, -0.25) is 10.6 Å². The number of halogens is 1. The fourth-order valence-electron chi connectivity index (χ4n) is 3.30. The molecule has 2 aromatic rings. The Morgan fingerprint density at radius 3 is 3.00 bits per heavy atom. The second-order valence-corrected chi connectivity index (χ2v) is 5.45. The van der Waals surface area contributed by atoms with E-state index in [-0.39, 0.29) is 12.4 Å². The molecule has 0 saturated heterocycles. The van der Waals surface area contributed by atoms with Crippen LogP contribution in [-0.4, -0.2) is 24.3 Å². The number of aromatic nitrogens is 1. The lowest BCUT2D eigenvalue weighted by Crippen LogP contribution is -2.21. The van der Waals surface area contributed by atoms with Crippen molar-refractivity contribution < 1.29 is 9.53 Å². The molecule has 0 aliphatic heterocycles. The number of benzene rings is 1. The molecule has 1 atom stereocenters. The van der Waals surface area contributed by atoms with Crippen molar-refractivity contribution in [3.05, 3.63) is 29.5 Å². The normalized spacial score (nSPS) is 15.6. The summed E-state index contributed by atoms with van der Waals surface area (Å²) in [6.45, 7) is 0.570. The second-order valence-electron chi connectivity index (χ2n) is 5.45. The Bertz CT molecular complexity index is 776. The van der Waals surface area contributed by atoms with E-state index in [1.807, 2.05) is 18.2 Å². The summed E-state index contributed by atoms with van der Waals surface area (Å²) in [6.07, 6.45) is 6.95. The van der Waals surface area contributed by atoms with Crippen molar-refractivity contribution >= 4 is 35.1 Å². The molecule has 1 aliphatic rings. The molecule has 1 amide bonds. The van der Waals surface area contributed by atoms with E-state index in [9.17, 15) is 4.79 Å². The van der Waals surface area contributed by atoms with E-state index in [4.69, 9.17) is 6.42 Å². The number of rotatable bonds is 3. The van der Waals surface area contributed by atoms with Crippen LogP contribution >= 0.6 is 12.4 Å². The number of anilines is 1. The topological polar surface area (TPSA) is 55.3 Å². The van der Waals surface area contributed by atoms with Crippen LogP contribution in [-0.2, 0) is 18.2 Å². The zero-order valence-electron chi connectivity index (χ0n) is 13.2. The molecule has 0 radical (unpaired) electrons. The maximum absolute atomic E-state index is 11.4. The van der Waals surface area contributed by atoms with Crippen LogP contribution in [0.3, 0.4) is 0 Å². The largest absolute Gasteiger partial charge is 0.453 e. The maximum Gasteiger partial charge on any atom is 0.411 e. The number of methoxy groups -OCH3 is 1. The first kappa shape index (κ1) is 17.2. The number of ether oxygens (including phenoxy) is 1. The zero-order chi connectivity index (χ0) is 15.7. The summed E-state index contributed by atoms with van der Waals surface area (Å²) in [5.74, 6) is 2.63. The van der Waals surface area contributed by atoms with Gasteiger partial charge in [0.15, 0.2) is 0 Å². The third-order valence-corrected chi connectivity index (χ3v) is 4.25. The van der Waals surface area contributed by atoms with Gasteiger partial charge in [0.2, 0.25) is 0 Å². The van der Waals surface area contributed by atoms with Crippen molar-refractivity contribution in [1.82, 2.24) is 9.88 Å². The molecular weight excluding hydrogens is 314 g/mol. The first-order chi connectivity index (χ1) is 10.7. The summed E-state index contributed by atoms with van der Waals surface area (Å²) in [6, 6.07) is 6.21. The van der Waals surface area contributed by atoms with Crippen molar-refractivity contribution in [2.24, 2.45) is 7.05 Å². The zero-order valence-corrected chi connectivity index (χ0v) is 14.0. The lowest BCUT2D eigenvalue weighted by Gasteiger charge is -2.13. The number of carbonyl (C=O) groups excluding carboxylic acids is 1. The molecule has 0 saturated carbocycles. The number of nitrogens with zero attached hydrogens (tertiary/aromatic N) is 1. The molecule has 1 aromatic heterocycles. The number of carbonyl (C=O) groups is 1. The van der Waals surface area contributed by atoms with Gasteiger partial charge in [-0.2, -0.15) is 0 Å². The Morgan fingerprint density at radius 2 is 2.30 bits per heavy atom. The molecule has 3 rings (SSSR count). The van der Waals surface area contributed by atoms with Crippen molar-refractivity contribution in [1.29, 1.82) is 0 Å². The highest BCUT2D eigenvalue weighted by atomic mass is 35.5. The Balaban J connectivity index is 0.00000192. The third-order valence-electron chi connectivity index (χ3n) is 4.25. The fourth-order valence-corrected chi connectivity index (χ4v) is 3.30. The molecule has 1 heterocycles. The Hall–Kier alpha value is -2.16. The van der Waals surface area contributed by atoms with Crippen molar-refractivity contribution in [3.8, 4) is 12.3 Å². The van der Waals surface area contributed by atoms with Crippen molar-refractivity contribution in [2.75, 3.05) is 19.0 Å². The smallest absolute Gasteiger partial charge is 0.411 e. The minimum atomic E-state index is -0.458. The number of nitrogens with one attached hydrogen (secondary N) is 2. The molecule has 1 unspecified atom stereocenters. The molecule has 1 aromatic carbocycles. The number of hydrogen-bond donors (Lipinski definition) is 2. The Morgan fingerprint density at radius 1 is 1.52 bits per heavy atom. The summed E-state index contributed by atoms with van der Waals surface area (Å²) < 4.78 is 6.86. The van der Waals surface area contributed by atoms with Gasteiger partial charge >= 0.3 is 6.09 Å². The van der Waals surface area contributed by atoms with Gasteiger partial charge in [-0.15, -0.1) is 18.8 Å². The van der Waals surface area contributed by atoms with E-state index in [0.29, 0.717) is 12.6 Å². The minimum Gasteiger partial charge on any atom is -0.453 e. The predicted octanol–water partition coefficient (Wildman–Crippen LogP) is 2.99. The Labute approximate surface area is 141 Å². The number of terminal acetylenes is 1.